The molecular weight excluding hydrogens is 149 g/mol. The molecule has 0 fully saturated rings. The van der Waals surface area contributed by atoms with Crippen LogP contribution in [0.5, 0.6) is 0 Å². The quantitative estimate of drug-likeness (QED) is 0.446. The number of rotatable bonds is 2. The van der Waals surface area contributed by atoms with Gasteiger partial charge in [-0.15, -0.1) is 10.7 Å². The maximum atomic E-state index is 6.82. The summed E-state index contributed by atoms with van der Waals surface area (Å²) in [5.74, 6) is 0. The van der Waals surface area contributed by atoms with Crippen LogP contribution in [0.2, 0.25) is 0 Å². The highest BCUT2D eigenvalue weighted by atomic mass is 32.4. The van der Waals surface area contributed by atoms with E-state index in [1.807, 2.05) is 0 Å². The summed E-state index contributed by atoms with van der Waals surface area (Å²) in [5, 5.41) is 6.82. The molecule has 0 spiro atoms. The minimum Gasteiger partial charge on any atom is -0.291 e. The average molecular weight is 157 g/mol. The van der Waals surface area contributed by atoms with Crippen LogP contribution in [0.15, 0.2) is 0 Å². The third kappa shape index (κ3) is 6.84. The zero-order chi connectivity index (χ0) is 5.86. The largest absolute Gasteiger partial charge is 0.308 e. The van der Waals surface area contributed by atoms with E-state index in [4.69, 9.17) is 21.7 Å². The fraction of sp³-hybridized carbons (Fsp3) is 0. The normalized spacial score (nSPS) is 14.0. The van der Waals surface area contributed by atoms with E-state index in [9.17, 15) is 0 Å². The summed E-state index contributed by atoms with van der Waals surface area (Å²) >= 11 is 0. The second-order valence-electron chi connectivity index (χ2n) is 0.877. The molecule has 4 nitrogen and oxygen atoms in total. The molecule has 0 aliphatic carbocycles. The van der Waals surface area contributed by atoms with Crippen molar-refractivity contribution in [2.45, 2.75) is 0 Å². The van der Waals surface area contributed by atoms with E-state index in [0.29, 0.717) is 0 Å². The maximum absolute atomic E-state index is 6.82. The summed E-state index contributed by atoms with van der Waals surface area (Å²) in [7, 11) is -1.70. The van der Waals surface area contributed by atoms with Crippen LogP contribution in [0.4, 0.5) is 0 Å². The number of hydrogen-bond donors (Lipinski definition) is 4. The summed E-state index contributed by atoms with van der Waals surface area (Å²) in [5.41, 5.74) is 15.4. The Balaban J connectivity index is 3.13. The Labute approximate surface area is 46.0 Å². The number of hydrogen-bond acceptors (Lipinski definition) is 3. The Morgan fingerprint density at radius 1 is 1.57 bits per heavy atom. The van der Waals surface area contributed by atoms with Crippen LogP contribution in [0.3, 0.4) is 0 Å². The van der Waals surface area contributed by atoms with E-state index in [1.54, 1.807) is 0 Å². The molecule has 0 aromatic rings. The third-order valence-corrected chi connectivity index (χ3v) is 6.03. The van der Waals surface area contributed by atoms with E-state index in [1.165, 1.54) is 0 Å². The maximum Gasteiger partial charge on any atom is 0.308 e. The minimum absolute atomic E-state index is 0.275. The van der Waals surface area contributed by atoms with Crippen LogP contribution in [0, 0.1) is 5.16 Å². The molecular formula is H8N4P3+. The second kappa shape index (κ2) is 3.80. The zero-order valence-corrected chi connectivity index (χ0v) is 6.42. The van der Waals surface area contributed by atoms with Gasteiger partial charge in [-0.25, -0.2) is 0 Å². The van der Waals surface area contributed by atoms with Crippen molar-refractivity contribution in [2.24, 2.45) is 16.5 Å². The lowest BCUT2D eigenvalue weighted by Crippen LogP contribution is -1.90. The lowest BCUT2D eigenvalue weighted by atomic mass is 13.9. The molecule has 7 heteroatoms. The summed E-state index contributed by atoms with van der Waals surface area (Å²) in [6, 6.07) is 0. The van der Waals surface area contributed by atoms with Crippen molar-refractivity contribution in [3.63, 3.8) is 0 Å². The van der Waals surface area contributed by atoms with Gasteiger partial charge in [-0.05, 0) is 0 Å². The first kappa shape index (κ1) is 7.84. The van der Waals surface area contributed by atoms with Crippen molar-refractivity contribution in [3.05, 3.63) is 0 Å². The van der Waals surface area contributed by atoms with E-state index >= 15 is 0 Å². The fourth-order valence-corrected chi connectivity index (χ4v) is 3.36. The lowest BCUT2D eigenvalue weighted by Gasteiger charge is -1.89. The van der Waals surface area contributed by atoms with Gasteiger partial charge in [0.2, 0.25) is 0 Å². The molecule has 0 aliphatic rings. The molecule has 0 radical (unpaired) electrons. The molecule has 42 valence electrons. The number of nitrogens with two attached hydrogens (primary N) is 3. The molecule has 0 heterocycles. The summed E-state index contributed by atoms with van der Waals surface area (Å²) < 4.78 is 0. The Kier molecular flexibility index (Phi) is 4.25. The first-order chi connectivity index (χ1) is 3.13. The van der Waals surface area contributed by atoms with Crippen molar-refractivity contribution in [2.75, 3.05) is 0 Å². The molecule has 0 saturated carbocycles. The van der Waals surface area contributed by atoms with Gasteiger partial charge in [0.25, 0.3) is 0 Å². The summed E-state index contributed by atoms with van der Waals surface area (Å²) in [6.45, 7) is 0. The number of nitrogens with one attached hydrogen (secondary N) is 1. The second-order valence-corrected chi connectivity index (χ2v) is 8.03. The van der Waals surface area contributed by atoms with E-state index in [0.717, 1.165) is 0 Å². The van der Waals surface area contributed by atoms with Gasteiger partial charge in [0, 0.05) is 0 Å². The van der Waals surface area contributed by atoms with Crippen LogP contribution in [0.25, 0.3) is 0 Å². The Morgan fingerprint density at radius 2 is 2.00 bits per heavy atom. The smallest absolute Gasteiger partial charge is 0.291 e. The third-order valence-electron chi connectivity index (χ3n) is 0.223. The highest BCUT2D eigenvalue weighted by molar-refractivity contribution is 8.48. The summed E-state index contributed by atoms with van der Waals surface area (Å²) in [4.78, 5) is 0. The molecule has 0 amide bonds. The first-order valence-electron chi connectivity index (χ1n) is 1.45. The van der Waals surface area contributed by atoms with Gasteiger partial charge in [0.15, 0.2) is 7.96 Å². The zero-order valence-electron chi connectivity index (χ0n) is 3.63. The van der Waals surface area contributed by atoms with Crippen molar-refractivity contribution in [1.29, 1.82) is 5.16 Å². The Bertz CT molecular complexity index is 67.3. The SMILES string of the molecule is N=[P+](N)PP(N)N. The van der Waals surface area contributed by atoms with E-state index in [2.05, 4.69) is 0 Å². The lowest BCUT2D eigenvalue weighted by molar-refractivity contribution is 1.62. The molecule has 0 saturated heterocycles. The molecule has 7 heavy (non-hydrogen) atoms. The van der Waals surface area contributed by atoms with E-state index < -0.39 is 15.5 Å². The molecule has 0 rings (SSSR count). The van der Waals surface area contributed by atoms with Gasteiger partial charge in [-0.3, -0.25) is 11.0 Å². The van der Waals surface area contributed by atoms with Gasteiger partial charge < -0.3 is 0 Å². The van der Waals surface area contributed by atoms with Crippen molar-refractivity contribution < 1.29 is 0 Å². The van der Waals surface area contributed by atoms with Gasteiger partial charge in [0.1, 0.15) is 7.91 Å². The van der Waals surface area contributed by atoms with Crippen molar-refractivity contribution in [1.82, 2.24) is 0 Å². The standard InChI is InChI=1S/H8N4P3/c1-6(2)5-7(3)4/h5H,1-2H2,(H3,3,4)/q+1. The van der Waals surface area contributed by atoms with Crippen molar-refractivity contribution >= 4 is 23.4 Å². The molecule has 2 atom stereocenters. The van der Waals surface area contributed by atoms with Gasteiger partial charge in [0.05, 0.1) is 0 Å². The summed E-state index contributed by atoms with van der Waals surface area (Å²) in [6.07, 6.45) is 0. The van der Waals surface area contributed by atoms with Crippen molar-refractivity contribution in [3.8, 4) is 0 Å². The van der Waals surface area contributed by atoms with Gasteiger partial charge >= 0.3 is 7.55 Å². The molecule has 0 aliphatic heterocycles. The molecule has 2 unspecified atom stereocenters. The van der Waals surface area contributed by atoms with Crippen LogP contribution >= 0.6 is 23.4 Å². The topological polar surface area (TPSA) is 102 Å². The van der Waals surface area contributed by atoms with E-state index in [-0.39, 0.29) is 7.96 Å². The van der Waals surface area contributed by atoms with Crippen LogP contribution in [-0.2, 0) is 0 Å². The molecule has 0 bridgehead atoms. The highest BCUT2D eigenvalue weighted by Crippen LogP contribution is 2.56. The van der Waals surface area contributed by atoms with Crippen LogP contribution in [-0.4, -0.2) is 0 Å². The first-order valence-corrected chi connectivity index (χ1v) is 7.02. The molecule has 0 aromatic heterocycles. The highest BCUT2D eigenvalue weighted by Gasteiger charge is 2.06. The minimum atomic E-state index is -1.08. The monoisotopic (exact) mass is 157 g/mol. The predicted octanol–water partition coefficient (Wildman–Crippen LogP) is 0.842. The van der Waals surface area contributed by atoms with Crippen LogP contribution in [0.1, 0.15) is 0 Å². The Hall–Kier alpha value is 0.840. The molecule has 0 aromatic carbocycles. The predicted molar refractivity (Wildman–Crippen MR) is 37.4 cm³/mol. The van der Waals surface area contributed by atoms with Gasteiger partial charge in [-0.2, -0.15) is 0 Å². The van der Waals surface area contributed by atoms with Crippen LogP contribution < -0.4 is 16.5 Å². The van der Waals surface area contributed by atoms with Gasteiger partial charge in [-0.1, -0.05) is 0 Å². The Morgan fingerprint density at radius 3 is 2.00 bits per heavy atom. The fourth-order valence-electron chi connectivity index (χ4n) is 0.124. The molecule has 7 N–H and O–H groups in total. The average Bonchev–Trinajstić information content (AvgIpc) is 1.27.